The first kappa shape index (κ1) is 25.0. The highest BCUT2D eigenvalue weighted by molar-refractivity contribution is 5.82. The van der Waals surface area contributed by atoms with Gasteiger partial charge in [0.15, 0.2) is 0 Å². The van der Waals surface area contributed by atoms with Gasteiger partial charge < -0.3 is 19.5 Å². The summed E-state index contributed by atoms with van der Waals surface area (Å²) in [6, 6.07) is 23.1. The van der Waals surface area contributed by atoms with Crippen molar-refractivity contribution >= 4 is 22.9 Å². The van der Waals surface area contributed by atoms with Crippen LogP contribution in [0.5, 0.6) is 0 Å². The second-order valence-corrected chi connectivity index (χ2v) is 10.1. The van der Waals surface area contributed by atoms with Crippen LogP contribution in [0.3, 0.4) is 0 Å². The van der Waals surface area contributed by atoms with Crippen molar-refractivity contribution in [3.63, 3.8) is 0 Å². The molecule has 0 aromatic heterocycles. The summed E-state index contributed by atoms with van der Waals surface area (Å²) < 4.78 is 12.1. The quantitative estimate of drug-likeness (QED) is 0.466. The van der Waals surface area contributed by atoms with Gasteiger partial charge in [0.05, 0.1) is 25.9 Å². The van der Waals surface area contributed by atoms with Gasteiger partial charge in [-0.1, -0.05) is 72.8 Å². The van der Waals surface area contributed by atoms with Crippen molar-refractivity contribution in [1.29, 1.82) is 0 Å². The number of likely N-dealkylation sites (tertiary alicyclic amines) is 1. The lowest BCUT2D eigenvalue weighted by atomic mass is 9.86. The fourth-order valence-corrected chi connectivity index (χ4v) is 4.53. The predicted molar refractivity (Wildman–Crippen MR) is 140 cm³/mol. The van der Waals surface area contributed by atoms with Gasteiger partial charge in [0.1, 0.15) is 5.60 Å². The van der Waals surface area contributed by atoms with E-state index in [-0.39, 0.29) is 24.7 Å². The third kappa shape index (κ3) is 6.71. The third-order valence-electron chi connectivity index (χ3n) is 6.27. The number of rotatable bonds is 6. The fourth-order valence-electron chi connectivity index (χ4n) is 4.53. The molecule has 1 aliphatic heterocycles. The highest BCUT2D eigenvalue weighted by Crippen LogP contribution is 2.32. The van der Waals surface area contributed by atoms with Gasteiger partial charge >= 0.3 is 6.09 Å². The van der Waals surface area contributed by atoms with Crippen LogP contribution in [0.1, 0.15) is 49.8 Å². The van der Waals surface area contributed by atoms with E-state index in [2.05, 4.69) is 54.6 Å². The van der Waals surface area contributed by atoms with E-state index in [9.17, 15) is 4.79 Å². The molecule has 35 heavy (non-hydrogen) atoms. The van der Waals surface area contributed by atoms with Gasteiger partial charge in [-0.05, 0) is 60.7 Å². The van der Waals surface area contributed by atoms with Crippen LogP contribution in [0.15, 0.2) is 72.8 Å². The van der Waals surface area contributed by atoms with E-state index < -0.39 is 5.60 Å². The largest absolute Gasteiger partial charge is 0.444 e. The number of aliphatic hydroxyl groups excluding tert-OH is 1. The molecule has 1 saturated heterocycles. The molecule has 1 fully saturated rings. The second kappa shape index (κ2) is 11.1. The number of aliphatic hydroxyl groups is 1. The van der Waals surface area contributed by atoms with E-state index in [0.717, 1.165) is 17.5 Å². The number of fused-ring (bicyclic) bond motifs is 1. The van der Waals surface area contributed by atoms with Gasteiger partial charge in [-0.3, -0.25) is 0 Å². The van der Waals surface area contributed by atoms with Crippen LogP contribution in [0.2, 0.25) is 0 Å². The molecule has 1 N–H and O–H groups in total. The van der Waals surface area contributed by atoms with Crippen LogP contribution in [-0.4, -0.2) is 47.5 Å². The smallest absolute Gasteiger partial charge is 0.410 e. The molecule has 5 nitrogen and oxygen atoms in total. The number of carbonyl (C=O) groups excluding carboxylic acids is 1. The third-order valence-corrected chi connectivity index (χ3v) is 6.27. The topological polar surface area (TPSA) is 59.0 Å². The van der Waals surface area contributed by atoms with Gasteiger partial charge in [-0.25, -0.2) is 4.79 Å². The van der Waals surface area contributed by atoms with Crippen LogP contribution in [0.25, 0.3) is 16.8 Å². The number of piperidine rings is 1. The lowest BCUT2D eigenvalue weighted by molar-refractivity contribution is -0.0359. The SMILES string of the molecule is CC(C)(C)OC(=O)N1CCC(c2ccc(C=CCO)cc2)C(OCc2ccc3ccccc3c2)C1. The summed E-state index contributed by atoms with van der Waals surface area (Å²) >= 11 is 0. The molecule has 3 aromatic carbocycles. The van der Waals surface area contributed by atoms with Gasteiger partial charge in [0, 0.05) is 12.5 Å². The number of ether oxygens (including phenoxy) is 2. The van der Waals surface area contributed by atoms with Gasteiger partial charge in [0.25, 0.3) is 0 Å². The van der Waals surface area contributed by atoms with Gasteiger partial charge in [0.2, 0.25) is 0 Å². The maximum absolute atomic E-state index is 12.8. The minimum absolute atomic E-state index is 0.0234. The van der Waals surface area contributed by atoms with Gasteiger partial charge in [-0.15, -0.1) is 0 Å². The standard InChI is InChI=1S/C30H35NO4/c1-30(2,3)35-29(33)31-17-16-27(25-14-10-22(11-15-25)7-6-18-32)28(20-31)34-21-23-12-13-24-8-4-5-9-26(24)19-23/h4-15,19,27-28,32H,16-18,20-21H2,1-3H3. The van der Waals surface area contributed by atoms with E-state index in [1.165, 1.54) is 16.3 Å². The van der Waals surface area contributed by atoms with E-state index in [4.69, 9.17) is 14.6 Å². The zero-order valence-corrected chi connectivity index (χ0v) is 20.8. The van der Waals surface area contributed by atoms with Crippen LogP contribution < -0.4 is 0 Å². The first-order valence-corrected chi connectivity index (χ1v) is 12.3. The maximum Gasteiger partial charge on any atom is 0.410 e. The van der Waals surface area contributed by atoms with Crippen molar-refractivity contribution in [1.82, 2.24) is 4.90 Å². The normalized spacial score (nSPS) is 18.8. The Bertz CT molecular complexity index is 1160. The van der Waals surface area contributed by atoms with Crippen molar-refractivity contribution in [2.24, 2.45) is 0 Å². The Balaban J connectivity index is 1.52. The molecule has 4 rings (SSSR count). The number of carbonyl (C=O) groups is 1. The molecule has 5 heteroatoms. The Morgan fingerprint density at radius 3 is 2.51 bits per heavy atom. The van der Waals surface area contributed by atoms with Crippen LogP contribution in [-0.2, 0) is 16.1 Å². The maximum atomic E-state index is 12.8. The lowest BCUT2D eigenvalue weighted by Gasteiger charge is -2.39. The summed E-state index contributed by atoms with van der Waals surface area (Å²) in [6.45, 7) is 7.27. The minimum Gasteiger partial charge on any atom is -0.444 e. The fraction of sp³-hybridized carbons (Fsp3) is 0.367. The number of hydrogen-bond acceptors (Lipinski definition) is 4. The number of hydrogen-bond donors (Lipinski definition) is 1. The number of benzene rings is 3. The Labute approximate surface area is 208 Å². The molecular weight excluding hydrogens is 438 g/mol. The molecule has 2 unspecified atom stereocenters. The molecule has 0 aliphatic carbocycles. The Morgan fingerprint density at radius 1 is 1.06 bits per heavy atom. The van der Waals surface area contributed by atoms with Crippen LogP contribution in [0.4, 0.5) is 4.79 Å². The molecule has 1 heterocycles. The zero-order valence-electron chi connectivity index (χ0n) is 20.8. The van der Waals surface area contributed by atoms with Gasteiger partial charge in [-0.2, -0.15) is 0 Å². The molecule has 184 valence electrons. The minimum atomic E-state index is -0.534. The van der Waals surface area contributed by atoms with E-state index in [0.29, 0.717) is 19.7 Å². The van der Waals surface area contributed by atoms with E-state index in [1.807, 2.05) is 39.0 Å². The first-order chi connectivity index (χ1) is 16.8. The summed E-state index contributed by atoms with van der Waals surface area (Å²) in [6.07, 6.45) is 3.99. The van der Waals surface area contributed by atoms with Crippen molar-refractivity contribution in [2.45, 2.75) is 51.4 Å². The predicted octanol–water partition coefficient (Wildman–Crippen LogP) is 6.16. The molecule has 3 aromatic rings. The van der Waals surface area contributed by atoms with Crippen molar-refractivity contribution in [3.8, 4) is 0 Å². The average Bonchev–Trinajstić information content (AvgIpc) is 2.85. The molecular formula is C30H35NO4. The lowest BCUT2D eigenvalue weighted by Crippen LogP contribution is -2.48. The Hall–Kier alpha value is -3.15. The molecule has 2 atom stereocenters. The average molecular weight is 474 g/mol. The van der Waals surface area contributed by atoms with E-state index >= 15 is 0 Å². The van der Waals surface area contributed by atoms with Crippen molar-refractivity contribution in [2.75, 3.05) is 19.7 Å². The van der Waals surface area contributed by atoms with Crippen LogP contribution >= 0.6 is 0 Å². The van der Waals surface area contributed by atoms with Crippen molar-refractivity contribution < 1.29 is 19.4 Å². The number of amides is 1. The van der Waals surface area contributed by atoms with Crippen molar-refractivity contribution in [3.05, 3.63) is 89.5 Å². The van der Waals surface area contributed by atoms with E-state index in [1.54, 1.807) is 11.0 Å². The highest BCUT2D eigenvalue weighted by atomic mass is 16.6. The summed E-state index contributed by atoms with van der Waals surface area (Å²) in [7, 11) is 0. The highest BCUT2D eigenvalue weighted by Gasteiger charge is 2.35. The molecule has 0 bridgehead atoms. The molecule has 0 spiro atoms. The monoisotopic (exact) mass is 473 g/mol. The zero-order chi connectivity index (χ0) is 24.8. The molecule has 1 amide bonds. The second-order valence-electron chi connectivity index (χ2n) is 10.1. The first-order valence-electron chi connectivity index (χ1n) is 12.3. The Kier molecular flexibility index (Phi) is 7.89. The summed E-state index contributed by atoms with van der Waals surface area (Å²) in [5.74, 6) is 0.171. The molecule has 0 saturated carbocycles. The summed E-state index contributed by atoms with van der Waals surface area (Å²) in [4.78, 5) is 14.6. The summed E-state index contributed by atoms with van der Waals surface area (Å²) in [5, 5.41) is 11.4. The summed E-state index contributed by atoms with van der Waals surface area (Å²) in [5.41, 5.74) is 2.82. The molecule has 1 aliphatic rings. The molecule has 0 radical (unpaired) electrons. The Morgan fingerprint density at radius 2 is 1.80 bits per heavy atom. The van der Waals surface area contributed by atoms with Crippen LogP contribution in [0, 0.1) is 0 Å². The number of nitrogens with zero attached hydrogens (tertiary/aromatic N) is 1.